The van der Waals surface area contributed by atoms with Crippen LogP contribution < -0.4 is 5.43 Å². The minimum atomic E-state index is 0.440. The SMILES string of the molecule is CC=CC=NNc1ncc(Cl)cc1Cl. The molecule has 5 heteroatoms. The highest BCUT2D eigenvalue weighted by Gasteiger charge is 1.99. The third kappa shape index (κ3) is 3.36. The van der Waals surface area contributed by atoms with Gasteiger partial charge in [-0.2, -0.15) is 5.10 Å². The monoisotopic (exact) mass is 229 g/mol. The van der Waals surface area contributed by atoms with Crippen LogP contribution in [0, 0.1) is 0 Å². The Morgan fingerprint density at radius 3 is 2.93 bits per heavy atom. The van der Waals surface area contributed by atoms with Crippen LogP contribution in [-0.2, 0) is 0 Å². The highest BCUT2D eigenvalue weighted by atomic mass is 35.5. The molecule has 1 aromatic rings. The Bertz CT molecular complexity index is 361. The van der Waals surface area contributed by atoms with Gasteiger partial charge < -0.3 is 0 Å². The summed E-state index contributed by atoms with van der Waals surface area (Å²) in [6.07, 6.45) is 6.76. The maximum atomic E-state index is 5.84. The van der Waals surface area contributed by atoms with Gasteiger partial charge in [-0.3, -0.25) is 5.43 Å². The molecule has 0 spiro atoms. The van der Waals surface area contributed by atoms with Gasteiger partial charge in [-0.25, -0.2) is 4.98 Å². The van der Waals surface area contributed by atoms with Crippen LogP contribution in [0.15, 0.2) is 29.5 Å². The Hall–Kier alpha value is -1.06. The van der Waals surface area contributed by atoms with E-state index in [1.165, 1.54) is 6.20 Å². The van der Waals surface area contributed by atoms with Crippen molar-refractivity contribution < 1.29 is 0 Å². The van der Waals surface area contributed by atoms with Crippen molar-refractivity contribution in [1.29, 1.82) is 0 Å². The molecule has 14 heavy (non-hydrogen) atoms. The molecule has 0 aliphatic carbocycles. The average molecular weight is 230 g/mol. The number of hydrogen-bond acceptors (Lipinski definition) is 3. The molecule has 3 nitrogen and oxygen atoms in total. The molecule has 0 amide bonds. The molecule has 1 N–H and O–H groups in total. The van der Waals surface area contributed by atoms with Gasteiger partial charge in [0, 0.05) is 12.4 Å². The molecule has 1 heterocycles. The number of pyridine rings is 1. The van der Waals surface area contributed by atoms with Gasteiger partial charge >= 0.3 is 0 Å². The molecule has 0 saturated heterocycles. The Morgan fingerprint density at radius 2 is 2.29 bits per heavy atom. The second-order valence-corrected chi connectivity index (χ2v) is 3.24. The zero-order valence-electron chi connectivity index (χ0n) is 7.54. The van der Waals surface area contributed by atoms with Gasteiger partial charge in [-0.15, -0.1) is 0 Å². The molecule has 0 saturated carbocycles. The van der Waals surface area contributed by atoms with Crippen molar-refractivity contribution in [3.05, 3.63) is 34.5 Å². The first-order valence-corrected chi connectivity index (χ1v) is 4.71. The topological polar surface area (TPSA) is 37.3 Å². The summed E-state index contributed by atoms with van der Waals surface area (Å²) >= 11 is 11.5. The highest BCUT2D eigenvalue weighted by Crippen LogP contribution is 2.22. The number of nitrogens with zero attached hydrogens (tertiary/aromatic N) is 2. The normalized spacial score (nSPS) is 11.4. The third-order valence-electron chi connectivity index (χ3n) is 1.33. The van der Waals surface area contributed by atoms with Crippen LogP contribution in [0.4, 0.5) is 5.82 Å². The largest absolute Gasteiger partial charge is 0.260 e. The van der Waals surface area contributed by atoms with Crippen LogP contribution in [0.3, 0.4) is 0 Å². The minimum absolute atomic E-state index is 0.440. The lowest BCUT2D eigenvalue weighted by molar-refractivity contribution is 1.23. The number of aromatic nitrogens is 1. The zero-order valence-corrected chi connectivity index (χ0v) is 9.05. The van der Waals surface area contributed by atoms with E-state index in [-0.39, 0.29) is 0 Å². The van der Waals surface area contributed by atoms with Crippen molar-refractivity contribution in [3.8, 4) is 0 Å². The van der Waals surface area contributed by atoms with Crippen molar-refractivity contribution >= 4 is 35.2 Å². The van der Waals surface area contributed by atoms with Crippen molar-refractivity contribution in [2.24, 2.45) is 5.10 Å². The fourth-order valence-corrected chi connectivity index (χ4v) is 1.15. The number of allylic oxidation sites excluding steroid dienone is 2. The predicted molar refractivity (Wildman–Crippen MR) is 61.2 cm³/mol. The number of halogens is 2. The Balaban J connectivity index is 2.68. The van der Waals surface area contributed by atoms with Crippen molar-refractivity contribution in [3.63, 3.8) is 0 Å². The summed E-state index contributed by atoms with van der Waals surface area (Å²) in [6, 6.07) is 1.60. The molecule has 0 aliphatic heterocycles. The van der Waals surface area contributed by atoms with E-state index in [0.29, 0.717) is 15.9 Å². The van der Waals surface area contributed by atoms with Gasteiger partial charge in [0.1, 0.15) is 0 Å². The van der Waals surface area contributed by atoms with Crippen LogP contribution in [0.25, 0.3) is 0 Å². The second kappa shape index (κ2) is 5.62. The van der Waals surface area contributed by atoms with E-state index in [2.05, 4.69) is 15.5 Å². The van der Waals surface area contributed by atoms with Gasteiger partial charge in [0.2, 0.25) is 0 Å². The van der Waals surface area contributed by atoms with Gasteiger partial charge in [-0.05, 0) is 19.1 Å². The summed E-state index contributed by atoms with van der Waals surface area (Å²) in [5.41, 5.74) is 2.69. The highest BCUT2D eigenvalue weighted by molar-refractivity contribution is 6.35. The maximum absolute atomic E-state index is 5.84. The summed E-state index contributed by atoms with van der Waals surface area (Å²) in [5, 5.41) is 4.81. The standard InChI is InChI=1S/C9H9Cl2N3/c1-2-3-4-13-14-9-8(11)5-7(10)6-12-9/h2-6H,1H3,(H,12,14). The molecular formula is C9H9Cl2N3. The second-order valence-electron chi connectivity index (χ2n) is 2.40. The zero-order chi connectivity index (χ0) is 10.4. The number of hydrogen-bond donors (Lipinski definition) is 1. The summed E-state index contributed by atoms with van der Waals surface area (Å²) in [5.74, 6) is 0.483. The first kappa shape index (κ1) is 11.0. The summed E-state index contributed by atoms with van der Waals surface area (Å²) in [6.45, 7) is 1.90. The number of anilines is 1. The lowest BCUT2D eigenvalue weighted by Gasteiger charge is -2.00. The quantitative estimate of drug-likeness (QED) is 0.638. The Labute approximate surface area is 92.4 Å². The van der Waals surface area contributed by atoms with E-state index in [4.69, 9.17) is 23.2 Å². The van der Waals surface area contributed by atoms with E-state index in [9.17, 15) is 0 Å². The van der Waals surface area contributed by atoms with Crippen LogP contribution in [0.2, 0.25) is 10.0 Å². The van der Waals surface area contributed by atoms with Crippen LogP contribution in [-0.4, -0.2) is 11.2 Å². The molecule has 0 radical (unpaired) electrons. The van der Waals surface area contributed by atoms with Crippen LogP contribution in [0.5, 0.6) is 0 Å². The van der Waals surface area contributed by atoms with E-state index in [1.807, 2.05) is 13.0 Å². The fourth-order valence-electron chi connectivity index (χ4n) is 0.724. The smallest absolute Gasteiger partial charge is 0.165 e. The molecule has 0 fully saturated rings. The van der Waals surface area contributed by atoms with Gasteiger partial charge in [-0.1, -0.05) is 29.3 Å². The average Bonchev–Trinajstić information content (AvgIpc) is 2.15. The Morgan fingerprint density at radius 1 is 1.50 bits per heavy atom. The summed E-state index contributed by atoms with van der Waals surface area (Å²) in [4.78, 5) is 3.96. The first-order valence-electron chi connectivity index (χ1n) is 3.95. The van der Waals surface area contributed by atoms with E-state index in [1.54, 1.807) is 18.4 Å². The molecule has 74 valence electrons. The van der Waals surface area contributed by atoms with Crippen LogP contribution in [0.1, 0.15) is 6.92 Å². The minimum Gasteiger partial charge on any atom is -0.260 e. The van der Waals surface area contributed by atoms with E-state index in [0.717, 1.165) is 0 Å². The van der Waals surface area contributed by atoms with E-state index < -0.39 is 0 Å². The molecular weight excluding hydrogens is 221 g/mol. The molecule has 0 unspecified atom stereocenters. The lowest BCUT2D eigenvalue weighted by atomic mass is 10.5. The van der Waals surface area contributed by atoms with Crippen molar-refractivity contribution in [2.45, 2.75) is 6.92 Å². The van der Waals surface area contributed by atoms with E-state index >= 15 is 0 Å². The third-order valence-corrected chi connectivity index (χ3v) is 1.83. The molecule has 0 aliphatic rings. The maximum Gasteiger partial charge on any atom is 0.165 e. The number of nitrogens with one attached hydrogen (secondary N) is 1. The summed E-state index contributed by atoms with van der Waals surface area (Å²) in [7, 11) is 0. The van der Waals surface area contributed by atoms with Gasteiger partial charge in [0.25, 0.3) is 0 Å². The number of hydrazone groups is 1. The summed E-state index contributed by atoms with van der Waals surface area (Å²) < 4.78 is 0. The molecule has 1 rings (SSSR count). The molecule has 0 atom stereocenters. The van der Waals surface area contributed by atoms with Crippen LogP contribution >= 0.6 is 23.2 Å². The first-order chi connectivity index (χ1) is 6.74. The van der Waals surface area contributed by atoms with Gasteiger partial charge in [0.15, 0.2) is 5.82 Å². The molecule has 0 bridgehead atoms. The molecule has 0 aromatic carbocycles. The molecule has 1 aromatic heterocycles. The Kier molecular flexibility index (Phi) is 4.43. The van der Waals surface area contributed by atoms with Crippen molar-refractivity contribution in [1.82, 2.24) is 4.98 Å². The number of rotatable bonds is 3. The predicted octanol–water partition coefficient (Wildman–Crippen LogP) is 3.36. The lowest BCUT2D eigenvalue weighted by Crippen LogP contribution is -1.92. The fraction of sp³-hybridized carbons (Fsp3) is 0.111. The van der Waals surface area contributed by atoms with Gasteiger partial charge in [0.05, 0.1) is 10.0 Å². The van der Waals surface area contributed by atoms with Crippen molar-refractivity contribution in [2.75, 3.05) is 5.43 Å².